The fourth-order valence-electron chi connectivity index (χ4n) is 4.12. The van der Waals surface area contributed by atoms with Crippen molar-refractivity contribution in [1.29, 1.82) is 0 Å². The van der Waals surface area contributed by atoms with E-state index in [0.29, 0.717) is 39.4 Å². The smallest absolute Gasteiger partial charge is 0.321 e. The molecule has 3 rings (SSSR count). The van der Waals surface area contributed by atoms with Crippen LogP contribution in [0.1, 0.15) is 24.0 Å². The highest BCUT2D eigenvalue weighted by Gasteiger charge is 2.33. The summed E-state index contributed by atoms with van der Waals surface area (Å²) in [4.78, 5) is 16.8. The zero-order valence-electron chi connectivity index (χ0n) is 18.3. The van der Waals surface area contributed by atoms with Crippen molar-refractivity contribution < 1.29 is 17.9 Å². The van der Waals surface area contributed by atoms with Crippen molar-refractivity contribution in [2.45, 2.75) is 32.7 Å². The molecule has 0 aromatic heterocycles. The molecule has 0 radical (unpaired) electrons. The standard InChI is InChI=1S/C21H34N4O4S/c1-17-6-7-18(2)20(15-17)22-21(26)24-8-4-5-19(16-24)25(30(3,27)28)10-9-23-11-13-29-14-12-23/h6-7,15,19H,4-5,8-14,16H2,1-3H3,(H,22,26). The highest BCUT2D eigenvalue weighted by atomic mass is 32.2. The van der Waals surface area contributed by atoms with Crippen LogP contribution < -0.4 is 5.32 Å². The van der Waals surface area contributed by atoms with Crippen molar-refractivity contribution >= 4 is 21.7 Å². The average molecular weight is 439 g/mol. The van der Waals surface area contributed by atoms with E-state index in [4.69, 9.17) is 4.74 Å². The number of anilines is 1. The zero-order chi connectivity index (χ0) is 21.7. The molecule has 2 fully saturated rings. The molecule has 1 aromatic carbocycles. The summed E-state index contributed by atoms with van der Waals surface area (Å²) in [6, 6.07) is 5.59. The Morgan fingerprint density at radius 3 is 2.67 bits per heavy atom. The summed E-state index contributed by atoms with van der Waals surface area (Å²) in [7, 11) is -3.37. The summed E-state index contributed by atoms with van der Waals surface area (Å²) in [5, 5.41) is 3.00. The molecule has 0 saturated carbocycles. The molecule has 1 atom stereocenters. The second-order valence-electron chi connectivity index (χ2n) is 8.32. The third kappa shape index (κ3) is 6.16. The Morgan fingerprint density at radius 1 is 1.23 bits per heavy atom. The number of ether oxygens (including phenoxy) is 1. The lowest BCUT2D eigenvalue weighted by Crippen LogP contribution is -2.54. The Labute approximate surface area is 180 Å². The number of aryl methyl sites for hydroxylation is 2. The van der Waals surface area contributed by atoms with Crippen molar-refractivity contribution in [3.8, 4) is 0 Å². The number of amides is 2. The van der Waals surface area contributed by atoms with Gasteiger partial charge < -0.3 is 15.0 Å². The number of carbonyl (C=O) groups is 1. The van der Waals surface area contributed by atoms with Gasteiger partial charge in [-0.2, -0.15) is 4.31 Å². The summed E-state index contributed by atoms with van der Waals surface area (Å²) in [6.45, 7) is 9.15. The van der Waals surface area contributed by atoms with Crippen LogP contribution in [0.15, 0.2) is 18.2 Å². The molecule has 2 amide bonds. The molecule has 2 aliphatic rings. The summed E-state index contributed by atoms with van der Waals surface area (Å²) in [6.07, 6.45) is 2.82. The van der Waals surface area contributed by atoms with Crippen LogP contribution in [0.25, 0.3) is 0 Å². The van der Waals surface area contributed by atoms with Crippen molar-refractivity contribution in [3.05, 3.63) is 29.3 Å². The fourth-order valence-corrected chi connectivity index (χ4v) is 5.25. The molecule has 2 aliphatic heterocycles. The van der Waals surface area contributed by atoms with Gasteiger partial charge in [0.2, 0.25) is 10.0 Å². The van der Waals surface area contributed by atoms with Gasteiger partial charge in [0.05, 0.1) is 19.5 Å². The number of sulfonamides is 1. The van der Waals surface area contributed by atoms with E-state index in [1.807, 2.05) is 32.0 Å². The van der Waals surface area contributed by atoms with Gasteiger partial charge in [0.1, 0.15) is 0 Å². The number of hydrogen-bond donors (Lipinski definition) is 1. The predicted molar refractivity (Wildman–Crippen MR) is 118 cm³/mol. The molecule has 1 aromatic rings. The van der Waals surface area contributed by atoms with Gasteiger partial charge in [0.25, 0.3) is 0 Å². The maximum Gasteiger partial charge on any atom is 0.321 e. The quantitative estimate of drug-likeness (QED) is 0.734. The molecule has 30 heavy (non-hydrogen) atoms. The Morgan fingerprint density at radius 2 is 1.97 bits per heavy atom. The highest BCUT2D eigenvalue weighted by molar-refractivity contribution is 7.88. The Bertz CT molecular complexity index is 839. The van der Waals surface area contributed by atoms with Crippen LogP contribution in [0.2, 0.25) is 0 Å². The van der Waals surface area contributed by atoms with Gasteiger partial charge in [-0.25, -0.2) is 13.2 Å². The second-order valence-corrected chi connectivity index (χ2v) is 10.3. The summed E-state index contributed by atoms with van der Waals surface area (Å²) < 4.78 is 32.0. The molecule has 0 spiro atoms. The van der Waals surface area contributed by atoms with Gasteiger partial charge >= 0.3 is 6.03 Å². The van der Waals surface area contributed by atoms with Crippen LogP contribution in [0, 0.1) is 13.8 Å². The normalized spacial score (nSPS) is 21.1. The fraction of sp³-hybridized carbons (Fsp3) is 0.667. The molecule has 0 bridgehead atoms. The molecule has 1 unspecified atom stereocenters. The van der Waals surface area contributed by atoms with Crippen LogP contribution in [0.4, 0.5) is 10.5 Å². The molecule has 0 aliphatic carbocycles. The first-order chi connectivity index (χ1) is 14.2. The van der Waals surface area contributed by atoms with Gasteiger partial charge in [-0.1, -0.05) is 12.1 Å². The summed E-state index contributed by atoms with van der Waals surface area (Å²) in [5.41, 5.74) is 2.89. The molecular formula is C21H34N4O4S. The van der Waals surface area contributed by atoms with E-state index in [2.05, 4.69) is 10.2 Å². The van der Waals surface area contributed by atoms with Crippen LogP contribution >= 0.6 is 0 Å². The number of nitrogens with one attached hydrogen (secondary N) is 1. The molecular weight excluding hydrogens is 404 g/mol. The van der Waals surface area contributed by atoms with Crippen molar-refractivity contribution in [3.63, 3.8) is 0 Å². The first kappa shape index (κ1) is 23.0. The molecule has 168 valence electrons. The second kappa shape index (κ2) is 10.1. The van der Waals surface area contributed by atoms with Crippen molar-refractivity contribution in [1.82, 2.24) is 14.1 Å². The van der Waals surface area contributed by atoms with Gasteiger partial charge in [-0.05, 0) is 43.9 Å². The van der Waals surface area contributed by atoms with Crippen LogP contribution in [-0.2, 0) is 14.8 Å². The van der Waals surface area contributed by atoms with Crippen molar-refractivity contribution in [2.24, 2.45) is 0 Å². The number of hydrogen-bond acceptors (Lipinski definition) is 5. The predicted octanol–water partition coefficient (Wildman–Crippen LogP) is 1.89. The number of rotatable bonds is 6. The van der Waals surface area contributed by atoms with Crippen molar-refractivity contribution in [2.75, 3.05) is 64.1 Å². The van der Waals surface area contributed by atoms with E-state index in [0.717, 1.165) is 42.7 Å². The molecule has 1 N–H and O–H groups in total. The molecule has 2 saturated heterocycles. The number of nitrogens with zero attached hydrogens (tertiary/aromatic N) is 3. The molecule has 2 heterocycles. The Hall–Kier alpha value is -1.68. The maximum atomic E-state index is 12.9. The Kier molecular flexibility index (Phi) is 7.73. The van der Waals surface area contributed by atoms with Gasteiger partial charge in [-0.15, -0.1) is 0 Å². The highest BCUT2D eigenvalue weighted by Crippen LogP contribution is 2.21. The first-order valence-electron chi connectivity index (χ1n) is 10.6. The van der Waals surface area contributed by atoms with E-state index in [1.54, 1.807) is 9.21 Å². The molecule has 8 nitrogen and oxygen atoms in total. The van der Waals surface area contributed by atoms with Gasteiger partial charge in [0.15, 0.2) is 0 Å². The van der Waals surface area contributed by atoms with E-state index in [-0.39, 0.29) is 12.1 Å². The van der Waals surface area contributed by atoms with E-state index >= 15 is 0 Å². The van der Waals surface area contributed by atoms with E-state index < -0.39 is 10.0 Å². The summed E-state index contributed by atoms with van der Waals surface area (Å²) in [5.74, 6) is 0. The van der Waals surface area contributed by atoms with E-state index in [1.165, 1.54) is 6.26 Å². The minimum absolute atomic E-state index is 0.171. The van der Waals surface area contributed by atoms with Crippen LogP contribution in [0.3, 0.4) is 0 Å². The number of carbonyl (C=O) groups excluding carboxylic acids is 1. The largest absolute Gasteiger partial charge is 0.379 e. The number of urea groups is 1. The lowest BCUT2D eigenvalue weighted by atomic mass is 10.1. The van der Waals surface area contributed by atoms with Crippen LogP contribution in [-0.4, -0.2) is 93.3 Å². The first-order valence-corrected chi connectivity index (χ1v) is 12.5. The SMILES string of the molecule is Cc1ccc(C)c(NC(=O)N2CCCC(N(CCN3CCOCC3)S(C)(=O)=O)C2)c1. The van der Waals surface area contributed by atoms with Gasteiger partial charge in [0, 0.05) is 51.0 Å². The number of benzene rings is 1. The minimum Gasteiger partial charge on any atom is -0.379 e. The Balaban J connectivity index is 1.64. The number of piperidine rings is 1. The monoisotopic (exact) mass is 438 g/mol. The molecule has 9 heteroatoms. The van der Waals surface area contributed by atoms with E-state index in [9.17, 15) is 13.2 Å². The number of likely N-dealkylation sites (tertiary alicyclic amines) is 1. The third-order valence-electron chi connectivity index (χ3n) is 5.89. The zero-order valence-corrected chi connectivity index (χ0v) is 19.1. The van der Waals surface area contributed by atoms with Crippen LogP contribution in [0.5, 0.6) is 0 Å². The third-order valence-corrected chi connectivity index (χ3v) is 7.22. The number of morpholine rings is 1. The topological polar surface area (TPSA) is 82.2 Å². The lowest BCUT2D eigenvalue weighted by Gasteiger charge is -2.39. The average Bonchev–Trinajstić information content (AvgIpc) is 2.71. The minimum atomic E-state index is -3.37. The lowest BCUT2D eigenvalue weighted by molar-refractivity contribution is 0.0343. The summed E-state index contributed by atoms with van der Waals surface area (Å²) >= 11 is 0. The van der Waals surface area contributed by atoms with Gasteiger partial charge in [-0.3, -0.25) is 4.90 Å². The maximum absolute atomic E-state index is 12.9.